The minimum absolute atomic E-state index is 0.0472. The quantitative estimate of drug-likeness (QED) is 0.101. The normalized spacial score (nSPS) is 15.1. The smallest absolute Gasteiger partial charge is 0.490 e. The molecule has 1 aliphatic heterocycles. The van der Waals surface area contributed by atoms with Gasteiger partial charge in [-0.1, -0.05) is 24.3 Å². The van der Waals surface area contributed by atoms with Crippen LogP contribution in [0.25, 0.3) is 10.9 Å². The van der Waals surface area contributed by atoms with E-state index in [1.54, 1.807) is 30.3 Å². The molecule has 4 aromatic rings. The first kappa shape index (κ1) is 39.9. The van der Waals surface area contributed by atoms with Gasteiger partial charge < -0.3 is 40.8 Å². The number of hydrogen-bond donors (Lipinski definition) is 6. The van der Waals surface area contributed by atoms with Crippen LogP contribution in [0.2, 0.25) is 0 Å². The van der Waals surface area contributed by atoms with E-state index in [9.17, 15) is 42.6 Å². The number of aliphatic hydroxyl groups is 1. The van der Waals surface area contributed by atoms with E-state index in [2.05, 4.69) is 25.7 Å². The van der Waals surface area contributed by atoms with Crippen LogP contribution in [-0.2, 0) is 27.3 Å². The Morgan fingerprint density at radius 1 is 1.04 bits per heavy atom. The minimum Gasteiger partial charge on any atom is -0.506 e. The Kier molecular flexibility index (Phi) is 13.1. The molecular formula is C39H44F3N5O7. The highest BCUT2D eigenvalue weighted by Gasteiger charge is 2.42. The molecule has 54 heavy (non-hydrogen) atoms. The van der Waals surface area contributed by atoms with Crippen molar-refractivity contribution >= 4 is 34.4 Å². The summed E-state index contributed by atoms with van der Waals surface area (Å²) in [6.45, 7) is 5.52. The third-order valence-electron chi connectivity index (χ3n) is 9.43. The number of phenolic OH excluding ortho intramolecular Hbond substituents is 1. The van der Waals surface area contributed by atoms with Crippen LogP contribution in [0.3, 0.4) is 0 Å². The number of alkyl halides is 3. The number of aliphatic hydroxyl groups excluding tert-OH is 1. The van der Waals surface area contributed by atoms with Gasteiger partial charge in [0.1, 0.15) is 11.9 Å². The molecule has 6 N–H and O–H groups in total. The van der Waals surface area contributed by atoms with Gasteiger partial charge in [-0.15, -0.1) is 0 Å². The summed E-state index contributed by atoms with van der Waals surface area (Å²) < 4.78 is 41.9. The van der Waals surface area contributed by atoms with Crippen molar-refractivity contribution in [3.05, 3.63) is 105 Å². The molecule has 3 aromatic carbocycles. The van der Waals surface area contributed by atoms with Crippen molar-refractivity contribution in [2.45, 2.75) is 70.5 Å². The van der Waals surface area contributed by atoms with Crippen molar-refractivity contribution in [1.82, 2.24) is 20.5 Å². The zero-order valence-electron chi connectivity index (χ0n) is 30.0. The molecule has 0 bridgehead atoms. The van der Waals surface area contributed by atoms with Crippen LogP contribution in [0.15, 0.2) is 71.5 Å². The number of fused-ring (bicyclic) bond motifs is 1. The lowest BCUT2D eigenvalue weighted by atomic mass is 10.0. The Hall–Kier alpha value is -5.25. The summed E-state index contributed by atoms with van der Waals surface area (Å²) >= 11 is 0. The number of benzene rings is 3. The van der Waals surface area contributed by atoms with Crippen molar-refractivity contribution < 1.29 is 42.5 Å². The topological polar surface area (TPSA) is 173 Å². The van der Waals surface area contributed by atoms with Gasteiger partial charge in [0.05, 0.1) is 11.6 Å². The lowest BCUT2D eigenvalue weighted by Crippen LogP contribution is -2.41. The van der Waals surface area contributed by atoms with Crippen molar-refractivity contribution in [2.24, 2.45) is 0 Å². The Morgan fingerprint density at radius 2 is 1.80 bits per heavy atom. The maximum atomic E-state index is 13.2. The molecule has 1 unspecified atom stereocenters. The Bertz CT molecular complexity index is 2030. The van der Waals surface area contributed by atoms with E-state index in [0.717, 1.165) is 16.7 Å². The number of piperidine rings is 1. The van der Waals surface area contributed by atoms with E-state index in [1.165, 1.54) is 12.1 Å². The number of nitrogens with zero attached hydrogens (tertiary/aromatic N) is 1. The van der Waals surface area contributed by atoms with Crippen LogP contribution in [0.4, 0.5) is 18.9 Å². The van der Waals surface area contributed by atoms with Crippen LogP contribution in [0, 0.1) is 6.92 Å². The van der Waals surface area contributed by atoms with E-state index in [-0.39, 0.29) is 67.0 Å². The molecule has 2 amide bonds. The number of aryl methyl sites for hydroxylation is 1. The number of nitrogens with one attached hydrogen (secondary N) is 4. The fourth-order valence-electron chi connectivity index (χ4n) is 6.39. The van der Waals surface area contributed by atoms with Crippen molar-refractivity contribution in [2.75, 3.05) is 31.5 Å². The third kappa shape index (κ3) is 10.9. The molecule has 1 fully saturated rings. The number of rotatable bonds is 14. The summed E-state index contributed by atoms with van der Waals surface area (Å²) in [6.07, 6.45) is -5.42. The molecule has 1 saturated heterocycles. The number of aromatic hydroxyl groups is 1. The average molecular weight is 752 g/mol. The van der Waals surface area contributed by atoms with Gasteiger partial charge in [0.2, 0.25) is 11.5 Å². The number of esters is 1. The number of hydrogen-bond acceptors (Lipinski definition) is 9. The minimum atomic E-state index is -5.02. The van der Waals surface area contributed by atoms with Gasteiger partial charge in [-0.05, 0) is 91.8 Å². The Balaban J connectivity index is 1.07. The molecule has 1 aliphatic rings. The monoisotopic (exact) mass is 751 g/mol. The first-order valence-corrected chi connectivity index (χ1v) is 17.7. The third-order valence-corrected chi connectivity index (χ3v) is 9.43. The highest BCUT2D eigenvalue weighted by molar-refractivity contribution is 6.04. The van der Waals surface area contributed by atoms with Gasteiger partial charge >= 0.3 is 12.1 Å². The summed E-state index contributed by atoms with van der Waals surface area (Å²) in [5.74, 6) is -2.79. The van der Waals surface area contributed by atoms with Crippen molar-refractivity contribution in [3.63, 3.8) is 0 Å². The van der Waals surface area contributed by atoms with Gasteiger partial charge in [0.25, 0.3) is 5.91 Å². The first-order valence-electron chi connectivity index (χ1n) is 17.7. The van der Waals surface area contributed by atoms with Gasteiger partial charge in [-0.2, -0.15) is 13.2 Å². The van der Waals surface area contributed by atoms with Crippen molar-refractivity contribution in [3.8, 4) is 5.75 Å². The van der Waals surface area contributed by atoms with E-state index in [1.807, 2.05) is 43.0 Å². The van der Waals surface area contributed by atoms with Gasteiger partial charge in [0, 0.05) is 67.9 Å². The Morgan fingerprint density at radius 3 is 2.54 bits per heavy atom. The summed E-state index contributed by atoms with van der Waals surface area (Å²) in [6, 6.07) is 18.6. The van der Waals surface area contributed by atoms with Gasteiger partial charge in [-0.25, -0.2) is 4.79 Å². The number of anilines is 1. The van der Waals surface area contributed by atoms with Gasteiger partial charge in [-0.3, -0.25) is 14.4 Å². The zero-order chi connectivity index (χ0) is 39.0. The molecular weight excluding hydrogens is 707 g/mol. The second-order valence-corrected chi connectivity index (χ2v) is 13.6. The predicted molar refractivity (Wildman–Crippen MR) is 196 cm³/mol. The molecule has 5 rings (SSSR count). The fourth-order valence-corrected chi connectivity index (χ4v) is 6.39. The number of aromatic nitrogens is 1. The molecule has 0 radical (unpaired) electrons. The molecule has 0 aliphatic carbocycles. The fraction of sp³-hybridized carbons (Fsp3) is 0.385. The van der Waals surface area contributed by atoms with Crippen LogP contribution >= 0.6 is 0 Å². The van der Waals surface area contributed by atoms with E-state index >= 15 is 0 Å². The van der Waals surface area contributed by atoms with Crippen LogP contribution < -0.4 is 21.5 Å². The molecule has 12 nitrogen and oxygen atoms in total. The lowest BCUT2D eigenvalue weighted by molar-refractivity contribution is -0.206. The van der Waals surface area contributed by atoms with Crippen molar-refractivity contribution in [1.29, 1.82) is 0 Å². The number of pyridine rings is 1. The number of amides is 2. The Labute approximate surface area is 309 Å². The van der Waals surface area contributed by atoms with E-state index < -0.39 is 24.4 Å². The number of likely N-dealkylation sites (tertiary alicyclic amines) is 1. The number of carbonyl (C=O) groups is 3. The summed E-state index contributed by atoms with van der Waals surface area (Å²) in [5.41, 5.74) is 4.12. The molecule has 0 spiro atoms. The highest BCUT2D eigenvalue weighted by atomic mass is 19.4. The number of aromatic amines is 1. The number of phenols is 1. The van der Waals surface area contributed by atoms with Crippen LogP contribution in [0.1, 0.15) is 64.9 Å². The molecule has 2 heterocycles. The SMILES string of the molecule is Cc1ccc(C(=O)Nc2cccc(CC(C)NC[C@H](O)c3ccc(O)c4[nH]c(=O)ccc34)c2)cc1CNC(=O)CCN1CCC(OC(=O)C(F)(F)F)CC1. The lowest BCUT2D eigenvalue weighted by Gasteiger charge is -2.31. The van der Waals surface area contributed by atoms with E-state index in [0.29, 0.717) is 48.3 Å². The van der Waals surface area contributed by atoms with E-state index in [4.69, 9.17) is 0 Å². The second-order valence-electron chi connectivity index (χ2n) is 13.6. The molecule has 0 saturated carbocycles. The summed E-state index contributed by atoms with van der Waals surface area (Å²) in [5, 5.41) is 30.7. The number of carbonyl (C=O) groups excluding carboxylic acids is 3. The second kappa shape index (κ2) is 17.7. The average Bonchev–Trinajstić information content (AvgIpc) is 3.13. The maximum absolute atomic E-state index is 13.2. The molecule has 15 heteroatoms. The predicted octanol–water partition coefficient (Wildman–Crippen LogP) is 4.62. The molecule has 2 atom stereocenters. The summed E-state index contributed by atoms with van der Waals surface area (Å²) in [4.78, 5) is 53.2. The number of H-pyrrole nitrogens is 1. The largest absolute Gasteiger partial charge is 0.506 e. The molecule has 288 valence electrons. The zero-order valence-corrected chi connectivity index (χ0v) is 30.0. The molecule has 1 aromatic heterocycles. The summed E-state index contributed by atoms with van der Waals surface area (Å²) in [7, 11) is 0. The maximum Gasteiger partial charge on any atom is 0.490 e. The number of ether oxygens (including phenoxy) is 1. The van der Waals surface area contributed by atoms with Crippen LogP contribution in [0.5, 0.6) is 5.75 Å². The van der Waals surface area contributed by atoms with Crippen LogP contribution in [-0.4, -0.2) is 82.4 Å². The number of halogens is 3. The highest BCUT2D eigenvalue weighted by Crippen LogP contribution is 2.29. The van der Waals surface area contributed by atoms with Gasteiger partial charge in [0.15, 0.2) is 0 Å². The standard InChI is InChI=1S/C39H44F3N5O7/c1-23-6-7-26(20-27(23)21-44-34(50)14-17-47-15-12-29(13-16-47)54-38(53)39(40,41)42)37(52)45-28-5-3-4-25(19-28)18-24(2)43-22-33(49)30-8-10-32(48)36-31(30)9-11-35(51)46-36/h3-11,19-20,24,29,33,43,48-49H,12-18,21-22H2,1-2H3,(H,44,50)(H,45,52)(H,46,51)/t24?,33-/m0/s1. The first-order chi connectivity index (χ1) is 25.7.